The largest absolute Gasteiger partial charge is 0.494 e. The molecule has 1 aromatic carbocycles. The molecule has 180 valence electrons. The number of anilines is 3. The molecule has 8 nitrogen and oxygen atoms in total. The molecular weight excluding hydrogens is 423 g/mol. The van der Waals surface area contributed by atoms with Gasteiger partial charge in [-0.15, -0.1) is 0 Å². The number of hydrogen-bond acceptors (Lipinski definition) is 8. The third-order valence-electron chi connectivity index (χ3n) is 6.50. The Morgan fingerprint density at radius 1 is 1.09 bits per heavy atom. The normalized spacial score (nSPS) is 19.8. The highest BCUT2D eigenvalue weighted by atomic mass is 19.1. The molecule has 4 rings (SSSR count). The first-order valence-electron chi connectivity index (χ1n) is 12.1. The molecule has 0 bridgehead atoms. The van der Waals surface area contributed by atoms with Crippen molar-refractivity contribution in [2.75, 3.05) is 30.8 Å². The van der Waals surface area contributed by atoms with Gasteiger partial charge in [0.25, 0.3) is 0 Å². The van der Waals surface area contributed by atoms with Gasteiger partial charge in [-0.05, 0) is 56.7 Å². The first-order chi connectivity index (χ1) is 16.1. The zero-order valence-electron chi connectivity index (χ0n) is 19.6. The van der Waals surface area contributed by atoms with E-state index < -0.39 is 5.82 Å². The summed E-state index contributed by atoms with van der Waals surface area (Å²) in [4.78, 5) is 13.5. The molecule has 33 heavy (non-hydrogen) atoms. The summed E-state index contributed by atoms with van der Waals surface area (Å²) in [5.74, 6) is 1.13. The number of aromatic nitrogens is 3. The number of halogens is 1. The lowest BCUT2D eigenvalue weighted by Crippen LogP contribution is -2.38. The van der Waals surface area contributed by atoms with Crippen LogP contribution in [0.5, 0.6) is 11.8 Å². The fourth-order valence-corrected chi connectivity index (χ4v) is 4.66. The second-order valence-electron chi connectivity index (χ2n) is 8.89. The van der Waals surface area contributed by atoms with Crippen molar-refractivity contribution in [3.05, 3.63) is 24.0 Å². The van der Waals surface area contributed by atoms with Crippen LogP contribution in [0, 0.1) is 11.7 Å². The maximum Gasteiger partial charge on any atom is 0.323 e. The van der Waals surface area contributed by atoms with Crippen LogP contribution in [-0.2, 0) is 0 Å². The summed E-state index contributed by atoms with van der Waals surface area (Å²) in [6.45, 7) is 3.93. The average molecular weight is 459 g/mol. The van der Waals surface area contributed by atoms with Gasteiger partial charge in [-0.3, -0.25) is 0 Å². The van der Waals surface area contributed by atoms with Crippen molar-refractivity contribution in [1.82, 2.24) is 20.3 Å². The number of hydrogen-bond donors (Lipinski definition) is 3. The fraction of sp³-hybridized carbons (Fsp3) is 0.625. The molecule has 2 aromatic rings. The molecular formula is C24H35FN6O2. The summed E-state index contributed by atoms with van der Waals surface area (Å²) in [5.41, 5.74) is 0.521. The first kappa shape index (κ1) is 23.5. The van der Waals surface area contributed by atoms with Crippen LogP contribution in [-0.4, -0.2) is 47.3 Å². The van der Waals surface area contributed by atoms with Crippen LogP contribution in [0.1, 0.15) is 58.3 Å². The molecule has 3 N–H and O–H groups in total. The van der Waals surface area contributed by atoms with E-state index in [2.05, 4.69) is 37.8 Å². The summed E-state index contributed by atoms with van der Waals surface area (Å²) in [5, 5.41) is 9.96. The van der Waals surface area contributed by atoms with Gasteiger partial charge in [0.2, 0.25) is 11.9 Å². The summed E-state index contributed by atoms with van der Waals surface area (Å²) in [6.07, 6.45) is 9.37. The van der Waals surface area contributed by atoms with Crippen LogP contribution in [0.2, 0.25) is 0 Å². The Morgan fingerprint density at radius 2 is 1.91 bits per heavy atom. The molecule has 0 radical (unpaired) electrons. The standard InChI is InChI=1S/C24H35FN6O2/c1-3-20(19-10-7-13-26-19)33-24-30-22(27-15-16-8-5-4-6-9-16)29-23(31-24)28-17-11-12-21(32-2)18(25)14-17/h11-12,14,16,19-20,26H,3-10,13,15H2,1-2H3,(H2,27,28,29,30,31). The van der Waals surface area contributed by atoms with E-state index in [9.17, 15) is 4.39 Å². The third-order valence-corrected chi connectivity index (χ3v) is 6.50. The molecule has 2 fully saturated rings. The summed E-state index contributed by atoms with van der Waals surface area (Å²) < 4.78 is 25.4. The summed E-state index contributed by atoms with van der Waals surface area (Å²) >= 11 is 0. The number of benzene rings is 1. The lowest BCUT2D eigenvalue weighted by atomic mass is 9.89. The second-order valence-corrected chi connectivity index (χ2v) is 8.89. The van der Waals surface area contributed by atoms with Crippen molar-refractivity contribution in [3.63, 3.8) is 0 Å². The van der Waals surface area contributed by atoms with Crippen molar-refractivity contribution in [2.24, 2.45) is 5.92 Å². The Morgan fingerprint density at radius 3 is 2.61 bits per heavy atom. The van der Waals surface area contributed by atoms with Crippen LogP contribution in [0.4, 0.5) is 22.0 Å². The van der Waals surface area contributed by atoms with Gasteiger partial charge in [0, 0.05) is 24.3 Å². The molecule has 1 aliphatic carbocycles. The zero-order chi connectivity index (χ0) is 23.0. The minimum atomic E-state index is -0.456. The summed E-state index contributed by atoms with van der Waals surface area (Å²) in [7, 11) is 1.44. The smallest absolute Gasteiger partial charge is 0.323 e. The molecule has 1 aliphatic heterocycles. The van der Waals surface area contributed by atoms with Crippen molar-refractivity contribution in [3.8, 4) is 11.8 Å². The molecule has 1 saturated heterocycles. The third kappa shape index (κ3) is 6.43. The van der Waals surface area contributed by atoms with E-state index in [-0.39, 0.29) is 23.9 Å². The Hall–Kier alpha value is -2.68. The Balaban J connectivity index is 1.52. The molecule has 2 unspecified atom stereocenters. The van der Waals surface area contributed by atoms with Gasteiger partial charge >= 0.3 is 6.01 Å². The van der Waals surface area contributed by atoms with Gasteiger partial charge < -0.3 is 25.4 Å². The highest BCUT2D eigenvalue weighted by Gasteiger charge is 2.26. The molecule has 2 atom stereocenters. The molecule has 2 heterocycles. The minimum Gasteiger partial charge on any atom is -0.494 e. The monoisotopic (exact) mass is 458 g/mol. The Kier molecular flexibility index (Phi) is 8.15. The van der Waals surface area contributed by atoms with E-state index in [1.54, 1.807) is 12.1 Å². The van der Waals surface area contributed by atoms with Gasteiger partial charge in [0.1, 0.15) is 6.10 Å². The Bertz CT molecular complexity index is 903. The molecule has 9 heteroatoms. The molecule has 1 aromatic heterocycles. The van der Waals surface area contributed by atoms with E-state index >= 15 is 0 Å². The highest BCUT2D eigenvalue weighted by Crippen LogP contribution is 2.26. The van der Waals surface area contributed by atoms with Crippen molar-refractivity contribution < 1.29 is 13.9 Å². The van der Waals surface area contributed by atoms with E-state index in [0.717, 1.165) is 32.4 Å². The topological polar surface area (TPSA) is 93.2 Å². The van der Waals surface area contributed by atoms with Gasteiger partial charge in [-0.2, -0.15) is 15.0 Å². The van der Waals surface area contributed by atoms with E-state index in [4.69, 9.17) is 9.47 Å². The maximum absolute atomic E-state index is 14.2. The van der Waals surface area contributed by atoms with Crippen LogP contribution in [0.25, 0.3) is 0 Å². The molecule has 1 saturated carbocycles. The molecule has 2 aliphatic rings. The van der Waals surface area contributed by atoms with Crippen LogP contribution >= 0.6 is 0 Å². The average Bonchev–Trinajstić information content (AvgIpc) is 3.37. The van der Waals surface area contributed by atoms with E-state index in [1.165, 1.54) is 45.3 Å². The maximum atomic E-state index is 14.2. The van der Waals surface area contributed by atoms with Crippen molar-refractivity contribution in [1.29, 1.82) is 0 Å². The van der Waals surface area contributed by atoms with E-state index in [1.807, 2.05) is 0 Å². The van der Waals surface area contributed by atoms with Gasteiger partial charge in [0.15, 0.2) is 11.6 Å². The van der Waals surface area contributed by atoms with Gasteiger partial charge in [-0.25, -0.2) is 4.39 Å². The lowest BCUT2D eigenvalue weighted by Gasteiger charge is -2.24. The minimum absolute atomic E-state index is 0.0209. The Labute approximate surface area is 195 Å². The zero-order valence-corrected chi connectivity index (χ0v) is 19.6. The number of nitrogens with zero attached hydrogens (tertiary/aromatic N) is 3. The van der Waals surface area contributed by atoms with Crippen LogP contribution in [0.3, 0.4) is 0 Å². The number of rotatable bonds is 10. The quantitative estimate of drug-likeness (QED) is 0.473. The van der Waals surface area contributed by atoms with Crippen molar-refractivity contribution in [2.45, 2.75) is 70.4 Å². The summed E-state index contributed by atoms with van der Waals surface area (Å²) in [6, 6.07) is 5.21. The second kappa shape index (κ2) is 11.4. The SMILES string of the molecule is CCC(Oc1nc(NCC2CCCCC2)nc(Nc2ccc(OC)c(F)c2)n1)C1CCCN1. The number of nitrogens with one attached hydrogen (secondary N) is 3. The van der Waals surface area contributed by atoms with E-state index in [0.29, 0.717) is 23.5 Å². The predicted molar refractivity (Wildman–Crippen MR) is 127 cm³/mol. The first-order valence-corrected chi connectivity index (χ1v) is 12.1. The number of methoxy groups -OCH3 is 1. The van der Waals surface area contributed by atoms with Gasteiger partial charge in [-0.1, -0.05) is 26.2 Å². The molecule has 0 amide bonds. The van der Waals surface area contributed by atoms with Crippen LogP contribution in [0.15, 0.2) is 18.2 Å². The fourth-order valence-electron chi connectivity index (χ4n) is 4.66. The number of ether oxygens (including phenoxy) is 2. The molecule has 0 spiro atoms. The predicted octanol–water partition coefficient (Wildman–Crippen LogP) is 4.66. The van der Waals surface area contributed by atoms with Crippen molar-refractivity contribution >= 4 is 17.6 Å². The van der Waals surface area contributed by atoms with Crippen LogP contribution < -0.4 is 25.4 Å². The van der Waals surface area contributed by atoms with Gasteiger partial charge in [0.05, 0.1) is 7.11 Å². The lowest BCUT2D eigenvalue weighted by molar-refractivity contribution is 0.143. The highest BCUT2D eigenvalue weighted by molar-refractivity contribution is 5.56.